The third-order valence-electron chi connectivity index (χ3n) is 0.419. The Hall–Kier alpha value is -0.460. The maximum absolute atomic E-state index is 10.0. The van der Waals surface area contributed by atoms with Crippen molar-refractivity contribution < 1.29 is 17.5 Å². The lowest BCUT2D eigenvalue weighted by molar-refractivity contribution is -0.105. The second-order valence-corrected chi connectivity index (χ2v) is 2.63. The minimum Gasteiger partial charge on any atom is -0.302 e. The van der Waals surface area contributed by atoms with Gasteiger partial charge in [-0.3, -0.25) is 0 Å². The average molecular weight is 139 g/mol. The van der Waals surface area contributed by atoms with Crippen molar-refractivity contribution in [3.05, 3.63) is 0 Å². The molecule has 0 aromatic heterocycles. The van der Waals surface area contributed by atoms with Gasteiger partial charge in [-0.1, -0.05) is 0 Å². The second kappa shape index (κ2) is 2.75. The minimum atomic E-state index is -3.76. The van der Waals surface area contributed by atoms with Gasteiger partial charge < -0.3 is 4.79 Å². The summed E-state index contributed by atoms with van der Waals surface area (Å²) in [4.78, 5) is 9.46. The van der Waals surface area contributed by atoms with Gasteiger partial charge in [0.1, 0.15) is 12.0 Å². The molecule has 0 unspecified atom stereocenters. The molecule has 6 heteroatoms. The van der Waals surface area contributed by atoms with Crippen LogP contribution in [0.4, 0.5) is 0 Å². The summed E-state index contributed by atoms with van der Waals surface area (Å²) in [7, 11) is -3.76. The fourth-order valence-electron chi connectivity index (χ4n) is 0.123. The fourth-order valence-corrected chi connectivity index (χ4v) is 0.368. The van der Waals surface area contributed by atoms with Crippen molar-refractivity contribution in [3.8, 4) is 0 Å². The third-order valence-corrected chi connectivity index (χ3v) is 1.26. The lowest BCUT2D eigenvalue weighted by Gasteiger charge is -1.89. The van der Waals surface area contributed by atoms with E-state index in [-0.39, 0.29) is 6.29 Å². The Morgan fingerprint density at radius 3 is 2.25 bits per heavy atom. The van der Waals surface area contributed by atoms with Crippen molar-refractivity contribution in [2.75, 3.05) is 5.75 Å². The topological polar surface area (TPSA) is 86.5 Å². The first kappa shape index (κ1) is 7.54. The van der Waals surface area contributed by atoms with Gasteiger partial charge in [-0.25, -0.2) is 0 Å². The van der Waals surface area contributed by atoms with Crippen molar-refractivity contribution in [2.45, 2.75) is 0 Å². The zero-order valence-electron chi connectivity index (χ0n) is 3.90. The number of hydrogen-bond acceptors (Lipinski definition) is 5. The van der Waals surface area contributed by atoms with Gasteiger partial charge >= 0.3 is 0 Å². The molecule has 0 saturated heterocycles. The van der Waals surface area contributed by atoms with Crippen LogP contribution < -0.4 is 5.90 Å². The number of carbonyl (C=O) groups excluding carboxylic acids is 1. The van der Waals surface area contributed by atoms with Crippen LogP contribution in [0.3, 0.4) is 0 Å². The summed E-state index contributed by atoms with van der Waals surface area (Å²) in [5.74, 6) is 3.55. The molecule has 48 valence electrons. The standard InChI is InChI=1S/C2H5NO4S/c3-7-8(5,6)2-1-4/h1H,2-3H2. The molecule has 2 N–H and O–H groups in total. The highest BCUT2D eigenvalue weighted by Crippen LogP contribution is 1.81. The van der Waals surface area contributed by atoms with Crippen molar-refractivity contribution in [2.24, 2.45) is 5.90 Å². The molecular weight excluding hydrogens is 134 g/mol. The summed E-state index contributed by atoms with van der Waals surface area (Å²) in [5.41, 5.74) is 0. The number of nitrogens with two attached hydrogens (primary N) is 1. The van der Waals surface area contributed by atoms with Crippen LogP contribution in [0, 0.1) is 0 Å². The van der Waals surface area contributed by atoms with Gasteiger partial charge in [0.2, 0.25) is 0 Å². The zero-order valence-corrected chi connectivity index (χ0v) is 4.72. The largest absolute Gasteiger partial charge is 0.302 e. The minimum absolute atomic E-state index is 0.197. The molecule has 0 bridgehead atoms. The highest BCUT2D eigenvalue weighted by atomic mass is 32.2. The van der Waals surface area contributed by atoms with E-state index in [1.807, 2.05) is 0 Å². The molecule has 0 aliphatic carbocycles. The predicted molar refractivity (Wildman–Crippen MR) is 25.1 cm³/mol. The average Bonchev–Trinajstić information content (AvgIpc) is 1.67. The van der Waals surface area contributed by atoms with Crippen LogP contribution in [0.1, 0.15) is 0 Å². The van der Waals surface area contributed by atoms with Crippen LogP contribution in [0.2, 0.25) is 0 Å². The molecule has 0 radical (unpaired) electrons. The Bertz CT molecular complexity index is 159. The molecule has 0 aromatic rings. The van der Waals surface area contributed by atoms with E-state index in [1.54, 1.807) is 0 Å². The second-order valence-electron chi connectivity index (χ2n) is 0.987. The number of rotatable bonds is 3. The zero-order chi connectivity index (χ0) is 6.62. The van der Waals surface area contributed by atoms with Gasteiger partial charge in [-0.2, -0.15) is 18.6 Å². The van der Waals surface area contributed by atoms with Crippen LogP contribution in [-0.2, 0) is 19.2 Å². The number of aldehydes is 1. The maximum Gasteiger partial charge on any atom is 0.289 e. The molecule has 0 aromatic carbocycles. The highest BCUT2D eigenvalue weighted by molar-refractivity contribution is 7.87. The molecule has 0 amide bonds. The molecule has 0 fully saturated rings. The van der Waals surface area contributed by atoms with Crippen LogP contribution in [-0.4, -0.2) is 20.5 Å². The van der Waals surface area contributed by atoms with E-state index in [9.17, 15) is 13.2 Å². The summed E-state index contributed by atoms with van der Waals surface area (Å²) in [6.45, 7) is 0. The van der Waals surface area contributed by atoms with E-state index >= 15 is 0 Å². The van der Waals surface area contributed by atoms with E-state index in [4.69, 9.17) is 0 Å². The summed E-state index contributed by atoms with van der Waals surface area (Å²) in [6.07, 6.45) is 0.197. The van der Waals surface area contributed by atoms with E-state index in [2.05, 4.69) is 10.2 Å². The van der Waals surface area contributed by atoms with E-state index in [0.29, 0.717) is 0 Å². The first-order valence-corrected chi connectivity index (χ1v) is 3.25. The molecule has 0 aliphatic rings. The highest BCUT2D eigenvalue weighted by Gasteiger charge is 2.05. The van der Waals surface area contributed by atoms with Gasteiger partial charge in [0.25, 0.3) is 10.1 Å². The van der Waals surface area contributed by atoms with E-state index < -0.39 is 15.9 Å². The van der Waals surface area contributed by atoms with Gasteiger partial charge in [-0.15, -0.1) is 0 Å². The van der Waals surface area contributed by atoms with Crippen molar-refractivity contribution >= 4 is 16.4 Å². The lowest BCUT2D eigenvalue weighted by atomic mass is 10.9. The molecular formula is C2H5NO4S. The number of carbonyl (C=O) groups is 1. The molecule has 0 spiro atoms. The first-order chi connectivity index (χ1) is 3.62. The van der Waals surface area contributed by atoms with Gasteiger partial charge in [0.15, 0.2) is 0 Å². The smallest absolute Gasteiger partial charge is 0.289 e. The monoisotopic (exact) mass is 139 g/mol. The SMILES string of the molecule is NOS(=O)(=O)CC=O. The third kappa shape index (κ3) is 2.67. The quantitative estimate of drug-likeness (QED) is 0.376. The molecule has 0 heterocycles. The van der Waals surface area contributed by atoms with Crippen LogP contribution >= 0.6 is 0 Å². The van der Waals surface area contributed by atoms with Crippen molar-refractivity contribution in [3.63, 3.8) is 0 Å². The van der Waals surface area contributed by atoms with E-state index in [0.717, 1.165) is 0 Å². The summed E-state index contributed by atoms with van der Waals surface area (Å²) < 4.78 is 23.5. The van der Waals surface area contributed by atoms with Crippen LogP contribution in [0.5, 0.6) is 0 Å². The Balaban J connectivity index is 3.94. The number of hydrogen-bond donors (Lipinski definition) is 1. The van der Waals surface area contributed by atoms with Gasteiger partial charge in [-0.05, 0) is 0 Å². The van der Waals surface area contributed by atoms with Crippen molar-refractivity contribution in [1.29, 1.82) is 0 Å². The Morgan fingerprint density at radius 1 is 1.62 bits per heavy atom. The fraction of sp³-hybridized carbons (Fsp3) is 0.500. The molecule has 0 rings (SSSR count). The molecule has 5 nitrogen and oxygen atoms in total. The van der Waals surface area contributed by atoms with Crippen LogP contribution in [0.25, 0.3) is 0 Å². The molecule has 0 saturated carbocycles. The van der Waals surface area contributed by atoms with Gasteiger partial charge in [0, 0.05) is 0 Å². The Labute approximate surface area is 46.5 Å². The summed E-state index contributed by atoms with van der Waals surface area (Å²) in [6, 6.07) is 0. The molecule has 8 heavy (non-hydrogen) atoms. The Morgan fingerprint density at radius 2 is 2.12 bits per heavy atom. The normalized spacial score (nSPS) is 11.1. The van der Waals surface area contributed by atoms with Gasteiger partial charge in [0.05, 0.1) is 0 Å². The lowest BCUT2D eigenvalue weighted by Crippen LogP contribution is -2.15. The molecule has 0 aliphatic heterocycles. The summed E-state index contributed by atoms with van der Waals surface area (Å²) in [5, 5.41) is 0. The van der Waals surface area contributed by atoms with Crippen molar-refractivity contribution in [1.82, 2.24) is 0 Å². The first-order valence-electron chi connectivity index (χ1n) is 1.67. The predicted octanol–water partition coefficient (Wildman–Crippen LogP) is -1.59. The molecule has 0 atom stereocenters. The maximum atomic E-state index is 10.0. The summed E-state index contributed by atoms with van der Waals surface area (Å²) >= 11 is 0. The van der Waals surface area contributed by atoms with Crippen LogP contribution in [0.15, 0.2) is 0 Å². The van der Waals surface area contributed by atoms with E-state index in [1.165, 1.54) is 0 Å². The Kier molecular flexibility index (Phi) is 2.59.